The van der Waals surface area contributed by atoms with Crippen LogP contribution in [0, 0.1) is 0 Å². The molecule has 0 bridgehead atoms. The molecule has 0 amide bonds. The number of hydrogen-bond donors (Lipinski definition) is 1. The molecule has 0 radical (unpaired) electrons. The summed E-state index contributed by atoms with van der Waals surface area (Å²) in [7, 11) is 0. The summed E-state index contributed by atoms with van der Waals surface area (Å²) in [6.07, 6.45) is 1.58. The predicted octanol–water partition coefficient (Wildman–Crippen LogP) is 2.56. The van der Waals surface area contributed by atoms with Crippen LogP contribution < -0.4 is 5.32 Å². The van der Waals surface area contributed by atoms with Crippen molar-refractivity contribution >= 4 is 40.6 Å². The molecule has 0 saturated heterocycles. The number of anilines is 1. The van der Waals surface area contributed by atoms with E-state index in [0.29, 0.717) is 16.0 Å². The van der Waals surface area contributed by atoms with Gasteiger partial charge in [-0.05, 0) is 18.7 Å². The van der Waals surface area contributed by atoms with Crippen molar-refractivity contribution in [2.24, 2.45) is 0 Å². The van der Waals surface area contributed by atoms with E-state index in [1.165, 1.54) is 23.1 Å². The molecule has 0 spiro atoms. The molecule has 5 nitrogen and oxygen atoms in total. The molecule has 1 N–H and O–H groups in total. The first kappa shape index (κ1) is 11.6. The van der Waals surface area contributed by atoms with Crippen molar-refractivity contribution in [2.45, 2.75) is 16.3 Å². The zero-order valence-electron chi connectivity index (χ0n) is 8.35. The second kappa shape index (κ2) is 5.42. The number of rotatable bonds is 4. The largest absolute Gasteiger partial charge is 0.354 e. The summed E-state index contributed by atoms with van der Waals surface area (Å²) in [5, 5.41) is 11.9. The summed E-state index contributed by atoms with van der Waals surface area (Å²) in [6.45, 7) is 2.75. The third kappa shape index (κ3) is 2.81. The first-order valence-electron chi connectivity index (χ1n) is 4.50. The zero-order chi connectivity index (χ0) is 11.4. The highest BCUT2D eigenvalue weighted by Crippen LogP contribution is 2.32. The molecule has 0 aliphatic rings. The topological polar surface area (TPSA) is 63.6 Å². The lowest BCUT2D eigenvalue weighted by atomic mass is 10.6. The number of halogens is 1. The molecule has 2 aromatic heterocycles. The lowest BCUT2D eigenvalue weighted by molar-refractivity contribution is 0.992. The molecule has 8 heteroatoms. The minimum atomic E-state index is 0.516. The van der Waals surface area contributed by atoms with Gasteiger partial charge in [0.2, 0.25) is 5.95 Å². The van der Waals surface area contributed by atoms with E-state index < -0.39 is 0 Å². The maximum absolute atomic E-state index is 6.00. The maximum Gasteiger partial charge on any atom is 0.223 e. The fourth-order valence-electron chi connectivity index (χ4n) is 0.956. The normalized spacial score (nSPS) is 10.4. The fraction of sp³-hybridized carbons (Fsp3) is 0.250. The summed E-state index contributed by atoms with van der Waals surface area (Å²) in [4.78, 5) is 8.34. The van der Waals surface area contributed by atoms with Gasteiger partial charge in [0.1, 0.15) is 10.5 Å². The van der Waals surface area contributed by atoms with Gasteiger partial charge in [-0.2, -0.15) is 0 Å². The Morgan fingerprint density at radius 2 is 2.44 bits per heavy atom. The van der Waals surface area contributed by atoms with Crippen molar-refractivity contribution in [2.75, 3.05) is 11.9 Å². The van der Waals surface area contributed by atoms with Gasteiger partial charge in [0.15, 0.2) is 4.34 Å². The highest BCUT2D eigenvalue weighted by atomic mass is 35.5. The van der Waals surface area contributed by atoms with Crippen LogP contribution in [-0.4, -0.2) is 26.7 Å². The highest BCUT2D eigenvalue weighted by molar-refractivity contribution is 8.01. The first-order valence-corrected chi connectivity index (χ1v) is 6.57. The van der Waals surface area contributed by atoms with Crippen LogP contribution in [-0.2, 0) is 0 Å². The molecule has 0 fully saturated rings. The van der Waals surface area contributed by atoms with Crippen molar-refractivity contribution in [3.63, 3.8) is 0 Å². The van der Waals surface area contributed by atoms with Crippen molar-refractivity contribution in [1.29, 1.82) is 0 Å². The van der Waals surface area contributed by atoms with Crippen LogP contribution in [0.5, 0.6) is 0 Å². The van der Waals surface area contributed by atoms with Gasteiger partial charge in [0.25, 0.3) is 0 Å². The van der Waals surface area contributed by atoms with Crippen LogP contribution >= 0.6 is 34.7 Å². The summed E-state index contributed by atoms with van der Waals surface area (Å²) in [5.41, 5.74) is 1.67. The predicted molar refractivity (Wildman–Crippen MR) is 65.2 cm³/mol. The average molecular weight is 274 g/mol. The highest BCUT2D eigenvalue weighted by Gasteiger charge is 2.09. The Morgan fingerprint density at radius 3 is 3.12 bits per heavy atom. The Hall–Kier alpha value is -0.920. The van der Waals surface area contributed by atoms with Gasteiger partial charge in [-0.1, -0.05) is 22.9 Å². The molecule has 0 unspecified atom stereocenters. The van der Waals surface area contributed by atoms with Gasteiger partial charge in [-0.3, -0.25) is 0 Å². The lowest BCUT2D eigenvalue weighted by Gasteiger charge is -2.04. The summed E-state index contributed by atoms with van der Waals surface area (Å²) >= 11 is 8.83. The Labute approximate surface area is 106 Å². The molecule has 0 aliphatic carbocycles. The average Bonchev–Trinajstić information content (AvgIpc) is 2.76. The van der Waals surface area contributed by atoms with Crippen molar-refractivity contribution in [1.82, 2.24) is 20.2 Å². The Morgan fingerprint density at radius 1 is 1.56 bits per heavy atom. The van der Waals surface area contributed by atoms with Crippen molar-refractivity contribution in [3.8, 4) is 0 Å². The minimum Gasteiger partial charge on any atom is -0.354 e. The van der Waals surface area contributed by atoms with Crippen LogP contribution in [0.25, 0.3) is 0 Å². The van der Waals surface area contributed by atoms with Crippen LogP contribution in [0.2, 0.25) is 5.02 Å². The molecule has 2 rings (SSSR count). The van der Waals surface area contributed by atoms with Gasteiger partial charge in [0.05, 0.1) is 11.2 Å². The minimum absolute atomic E-state index is 0.516. The number of hydrogen-bond acceptors (Lipinski definition) is 7. The molecule has 0 atom stereocenters. The van der Waals surface area contributed by atoms with E-state index in [0.717, 1.165) is 10.9 Å². The van der Waals surface area contributed by atoms with Gasteiger partial charge < -0.3 is 5.32 Å². The third-order valence-corrected chi connectivity index (χ3v) is 3.74. The Kier molecular flexibility index (Phi) is 3.92. The van der Waals surface area contributed by atoms with Gasteiger partial charge in [-0.25, -0.2) is 9.97 Å². The summed E-state index contributed by atoms with van der Waals surface area (Å²) in [5.74, 6) is 0.568. The van der Waals surface area contributed by atoms with E-state index in [-0.39, 0.29) is 0 Å². The van der Waals surface area contributed by atoms with Crippen molar-refractivity contribution in [3.05, 3.63) is 16.7 Å². The smallest absolute Gasteiger partial charge is 0.223 e. The Bertz CT molecular complexity index is 461. The zero-order valence-corrected chi connectivity index (χ0v) is 10.7. The van der Waals surface area contributed by atoms with Crippen LogP contribution in [0.4, 0.5) is 5.95 Å². The number of nitrogens with zero attached hydrogens (tertiary/aromatic N) is 4. The molecular formula is C8H8ClN5S2. The second-order valence-corrected chi connectivity index (χ2v) is 5.16. The second-order valence-electron chi connectivity index (χ2n) is 2.68. The van der Waals surface area contributed by atoms with Crippen molar-refractivity contribution < 1.29 is 0 Å². The molecule has 0 aromatic carbocycles. The number of nitrogens with one attached hydrogen (secondary N) is 1. The van der Waals surface area contributed by atoms with Crippen LogP contribution in [0.3, 0.4) is 0 Å². The fourth-order valence-corrected chi connectivity index (χ4v) is 2.54. The van der Waals surface area contributed by atoms with E-state index >= 15 is 0 Å². The maximum atomic E-state index is 6.00. The van der Waals surface area contributed by atoms with Gasteiger partial charge >= 0.3 is 0 Å². The summed E-state index contributed by atoms with van der Waals surface area (Å²) < 4.78 is 0.808. The van der Waals surface area contributed by atoms with Gasteiger partial charge in [0, 0.05) is 6.54 Å². The SMILES string of the molecule is CCNc1ncc(Cl)c(Sc2nncs2)n1. The summed E-state index contributed by atoms with van der Waals surface area (Å²) in [6, 6.07) is 0. The van der Waals surface area contributed by atoms with E-state index in [4.69, 9.17) is 11.6 Å². The molecule has 2 heterocycles. The monoisotopic (exact) mass is 273 g/mol. The lowest BCUT2D eigenvalue weighted by Crippen LogP contribution is -2.02. The van der Waals surface area contributed by atoms with E-state index in [1.54, 1.807) is 11.7 Å². The Balaban J connectivity index is 2.21. The molecule has 0 aliphatic heterocycles. The van der Waals surface area contributed by atoms with E-state index in [9.17, 15) is 0 Å². The van der Waals surface area contributed by atoms with Crippen LogP contribution in [0.1, 0.15) is 6.92 Å². The standard InChI is InChI=1S/C8H8ClN5S2/c1-2-10-7-11-3-5(9)6(13-7)16-8-14-12-4-15-8/h3-4H,2H2,1H3,(H,10,11,13). The van der Waals surface area contributed by atoms with Crippen LogP contribution in [0.15, 0.2) is 21.1 Å². The van der Waals surface area contributed by atoms with E-state index in [1.807, 2.05) is 6.92 Å². The molecule has 2 aromatic rings. The molecule has 16 heavy (non-hydrogen) atoms. The molecular weight excluding hydrogens is 266 g/mol. The van der Waals surface area contributed by atoms with E-state index in [2.05, 4.69) is 25.5 Å². The molecule has 84 valence electrons. The molecule has 0 saturated carbocycles. The van der Waals surface area contributed by atoms with Gasteiger partial charge in [-0.15, -0.1) is 10.2 Å². The quantitative estimate of drug-likeness (QED) is 0.864. The first-order chi connectivity index (χ1) is 7.79. The third-order valence-electron chi connectivity index (χ3n) is 1.57. The number of aromatic nitrogens is 4.